The molecule has 9 heteroatoms. The maximum atomic E-state index is 13.0. The number of amides is 4. The summed E-state index contributed by atoms with van der Waals surface area (Å²) in [6.07, 6.45) is 2.31. The molecule has 0 radical (unpaired) electrons. The first-order chi connectivity index (χ1) is 16.7. The Morgan fingerprint density at radius 2 is 1.86 bits per heavy atom. The van der Waals surface area contributed by atoms with Crippen LogP contribution in [0.4, 0.5) is 0 Å². The number of nitrogens with one attached hydrogen (secondary N) is 1. The van der Waals surface area contributed by atoms with Gasteiger partial charge < -0.3 is 9.80 Å². The Balaban J connectivity index is 1.49. The summed E-state index contributed by atoms with van der Waals surface area (Å²) in [6, 6.07) is 12.4. The summed E-state index contributed by atoms with van der Waals surface area (Å²) in [5, 5.41) is 6.78. The van der Waals surface area contributed by atoms with Crippen molar-refractivity contribution < 1.29 is 19.2 Å². The van der Waals surface area contributed by atoms with Gasteiger partial charge in [-0.2, -0.15) is 5.10 Å². The summed E-state index contributed by atoms with van der Waals surface area (Å²) >= 11 is 0. The molecule has 3 aromatic rings. The van der Waals surface area contributed by atoms with E-state index in [4.69, 9.17) is 0 Å². The van der Waals surface area contributed by atoms with E-state index in [1.54, 1.807) is 37.1 Å². The molecule has 0 aliphatic carbocycles. The summed E-state index contributed by atoms with van der Waals surface area (Å²) in [7, 11) is 5.28. The number of nitrogens with zero attached hydrogens (tertiary/aromatic N) is 4. The molecule has 2 aromatic carbocycles. The smallest absolute Gasteiger partial charge is 0.255 e. The van der Waals surface area contributed by atoms with Crippen molar-refractivity contribution in [3.8, 4) is 22.4 Å². The van der Waals surface area contributed by atoms with Crippen LogP contribution in [0.5, 0.6) is 0 Å². The lowest BCUT2D eigenvalue weighted by atomic mass is 9.97. The predicted octanol–water partition coefficient (Wildman–Crippen LogP) is 2.22. The highest BCUT2D eigenvalue weighted by Crippen LogP contribution is 2.36. The molecule has 2 aliphatic rings. The number of hydrogen-bond acceptors (Lipinski definition) is 5. The van der Waals surface area contributed by atoms with Gasteiger partial charge in [0.05, 0.1) is 11.9 Å². The van der Waals surface area contributed by atoms with Crippen LogP contribution in [-0.2, 0) is 23.2 Å². The van der Waals surface area contributed by atoms with Gasteiger partial charge in [-0.05, 0) is 41.8 Å². The molecule has 1 unspecified atom stereocenters. The Hall–Kier alpha value is -4.27. The number of carbonyl (C=O) groups is 4. The average Bonchev–Trinajstić information content (AvgIpc) is 3.38. The third kappa shape index (κ3) is 3.88. The highest BCUT2D eigenvalue weighted by Gasteiger charge is 2.39. The van der Waals surface area contributed by atoms with Gasteiger partial charge in [-0.1, -0.05) is 18.2 Å². The number of carbonyl (C=O) groups excluding carboxylic acids is 4. The van der Waals surface area contributed by atoms with E-state index in [2.05, 4.69) is 10.4 Å². The molecule has 1 saturated heterocycles. The summed E-state index contributed by atoms with van der Waals surface area (Å²) < 4.78 is 1.77. The topological polar surface area (TPSA) is 105 Å². The number of aromatic nitrogens is 2. The Labute approximate surface area is 202 Å². The molecule has 1 atom stereocenters. The first-order valence-electron chi connectivity index (χ1n) is 11.4. The highest BCUT2D eigenvalue weighted by molar-refractivity contribution is 6.05. The minimum Gasteiger partial charge on any atom is -0.345 e. The maximum Gasteiger partial charge on any atom is 0.255 e. The van der Waals surface area contributed by atoms with Crippen LogP contribution in [-0.4, -0.2) is 63.3 Å². The molecule has 0 bridgehead atoms. The van der Waals surface area contributed by atoms with Crippen LogP contribution in [0.3, 0.4) is 0 Å². The first-order valence-corrected chi connectivity index (χ1v) is 11.4. The van der Waals surface area contributed by atoms with Gasteiger partial charge in [0.25, 0.3) is 11.8 Å². The van der Waals surface area contributed by atoms with Gasteiger partial charge in [0.1, 0.15) is 6.04 Å². The van der Waals surface area contributed by atoms with Crippen molar-refractivity contribution in [3.05, 3.63) is 65.4 Å². The van der Waals surface area contributed by atoms with E-state index < -0.39 is 11.9 Å². The summed E-state index contributed by atoms with van der Waals surface area (Å²) in [5.74, 6) is -1.02. The van der Waals surface area contributed by atoms with E-state index in [1.165, 1.54) is 9.80 Å². The molecule has 0 saturated carbocycles. The monoisotopic (exact) mass is 471 g/mol. The number of imide groups is 1. The zero-order valence-corrected chi connectivity index (χ0v) is 19.7. The van der Waals surface area contributed by atoms with Crippen LogP contribution in [0, 0.1) is 0 Å². The fraction of sp³-hybridized carbons (Fsp3) is 0.269. The second-order valence-corrected chi connectivity index (χ2v) is 9.08. The van der Waals surface area contributed by atoms with Gasteiger partial charge in [0, 0.05) is 56.4 Å². The number of benzene rings is 2. The second-order valence-electron chi connectivity index (χ2n) is 9.08. The molecule has 3 heterocycles. The van der Waals surface area contributed by atoms with Crippen molar-refractivity contribution in [2.45, 2.75) is 25.4 Å². The van der Waals surface area contributed by atoms with Gasteiger partial charge in [0.15, 0.2) is 0 Å². The van der Waals surface area contributed by atoms with Crippen LogP contribution in [0.1, 0.15) is 39.1 Å². The number of piperidine rings is 1. The van der Waals surface area contributed by atoms with E-state index in [0.717, 1.165) is 27.9 Å². The Morgan fingerprint density at radius 1 is 1.06 bits per heavy atom. The lowest BCUT2D eigenvalue weighted by Gasteiger charge is -2.29. The van der Waals surface area contributed by atoms with E-state index in [0.29, 0.717) is 24.1 Å². The molecule has 4 amide bonds. The van der Waals surface area contributed by atoms with Crippen LogP contribution in [0.25, 0.3) is 22.4 Å². The summed E-state index contributed by atoms with van der Waals surface area (Å²) in [6.45, 7) is 0.302. The van der Waals surface area contributed by atoms with Gasteiger partial charge in [-0.25, -0.2) is 0 Å². The van der Waals surface area contributed by atoms with Crippen LogP contribution >= 0.6 is 0 Å². The number of aryl methyl sites for hydroxylation is 1. The standard InChI is InChI=1S/C26H25N5O4/c1-29(2)25(34)17-6-4-5-16(12-17)23-20(13-27-30(23)3)15-7-8-19-18(11-15)14-31(26(19)35)21-9-10-22(32)28-24(21)33/h4-8,11-13,21H,9-10,14H2,1-3H3,(H,28,32,33). The van der Waals surface area contributed by atoms with Gasteiger partial charge in [0.2, 0.25) is 11.8 Å². The molecule has 1 fully saturated rings. The zero-order valence-electron chi connectivity index (χ0n) is 19.7. The fourth-order valence-corrected chi connectivity index (χ4v) is 4.79. The number of rotatable bonds is 4. The average molecular weight is 472 g/mol. The minimum atomic E-state index is -0.651. The molecular weight excluding hydrogens is 446 g/mol. The largest absolute Gasteiger partial charge is 0.345 e. The van der Waals surface area contributed by atoms with Crippen LogP contribution in [0.2, 0.25) is 0 Å². The lowest BCUT2D eigenvalue weighted by molar-refractivity contribution is -0.136. The number of hydrogen-bond donors (Lipinski definition) is 1. The van der Waals surface area contributed by atoms with Crippen molar-refractivity contribution in [1.82, 2.24) is 24.9 Å². The molecule has 1 aromatic heterocycles. The molecular formula is C26H25N5O4. The lowest BCUT2D eigenvalue weighted by Crippen LogP contribution is -2.52. The molecule has 178 valence electrons. The zero-order chi connectivity index (χ0) is 24.9. The minimum absolute atomic E-state index is 0.0832. The Bertz CT molecular complexity index is 1390. The highest BCUT2D eigenvalue weighted by atomic mass is 16.2. The van der Waals surface area contributed by atoms with Crippen molar-refractivity contribution in [2.75, 3.05) is 14.1 Å². The van der Waals surface area contributed by atoms with Gasteiger partial charge in [-0.3, -0.25) is 29.2 Å². The van der Waals surface area contributed by atoms with Crippen molar-refractivity contribution in [2.24, 2.45) is 7.05 Å². The van der Waals surface area contributed by atoms with Crippen molar-refractivity contribution in [1.29, 1.82) is 0 Å². The maximum absolute atomic E-state index is 13.0. The molecule has 0 spiro atoms. The fourth-order valence-electron chi connectivity index (χ4n) is 4.79. The molecule has 2 aliphatic heterocycles. The second kappa shape index (κ2) is 8.50. The van der Waals surface area contributed by atoms with E-state index in [-0.39, 0.29) is 24.1 Å². The Kier molecular flexibility index (Phi) is 5.47. The van der Waals surface area contributed by atoms with Crippen molar-refractivity contribution >= 4 is 23.6 Å². The van der Waals surface area contributed by atoms with Crippen LogP contribution in [0.15, 0.2) is 48.7 Å². The van der Waals surface area contributed by atoms with E-state index in [9.17, 15) is 19.2 Å². The van der Waals surface area contributed by atoms with Gasteiger partial charge >= 0.3 is 0 Å². The first kappa shape index (κ1) is 22.5. The summed E-state index contributed by atoms with van der Waals surface area (Å²) in [5.41, 5.74) is 5.43. The molecule has 9 nitrogen and oxygen atoms in total. The Morgan fingerprint density at radius 3 is 2.60 bits per heavy atom. The quantitative estimate of drug-likeness (QED) is 0.588. The van der Waals surface area contributed by atoms with Gasteiger partial charge in [-0.15, -0.1) is 0 Å². The summed E-state index contributed by atoms with van der Waals surface area (Å²) in [4.78, 5) is 52.4. The number of fused-ring (bicyclic) bond motifs is 1. The molecule has 35 heavy (non-hydrogen) atoms. The SMILES string of the molecule is CN(C)C(=O)c1cccc(-c2c(-c3ccc4c(c3)CN(C3CCC(=O)NC3=O)C4=O)cnn2C)c1. The predicted molar refractivity (Wildman–Crippen MR) is 128 cm³/mol. The normalized spacial score (nSPS) is 17.4. The molecule has 5 rings (SSSR count). The van der Waals surface area contributed by atoms with E-state index >= 15 is 0 Å². The van der Waals surface area contributed by atoms with Crippen molar-refractivity contribution in [3.63, 3.8) is 0 Å². The van der Waals surface area contributed by atoms with Crippen LogP contribution < -0.4 is 5.32 Å². The third-order valence-electron chi connectivity index (χ3n) is 6.56. The third-order valence-corrected chi connectivity index (χ3v) is 6.56. The van der Waals surface area contributed by atoms with E-state index in [1.807, 2.05) is 37.4 Å². The molecule has 1 N–H and O–H groups in total.